The first-order valence-electron chi connectivity index (χ1n) is 8.23. The number of nitrogens with two attached hydrogens (primary N) is 1. The Hall–Kier alpha value is -2.74. The highest BCUT2D eigenvalue weighted by Gasteiger charge is 2.30. The number of aromatic amines is 1. The zero-order valence-corrected chi connectivity index (χ0v) is 13.9. The standard InChI is InChI=1S/C17H20N4O4/c1-10-4-5-20(12(6-10)9-18)17(23)14-8-16(22)19-15-3-2-11(21(24)25)7-13(14)15/h2-3,7-8,10,12H,4-6,9,18H2,1H3,(H,19,22). The van der Waals surface area contributed by atoms with Crippen molar-refractivity contribution in [3.63, 3.8) is 0 Å². The molecule has 0 bridgehead atoms. The molecular weight excluding hydrogens is 324 g/mol. The molecule has 2 aromatic rings. The van der Waals surface area contributed by atoms with Crippen LogP contribution in [0, 0.1) is 16.0 Å². The van der Waals surface area contributed by atoms with Gasteiger partial charge in [0.1, 0.15) is 0 Å². The number of non-ortho nitro benzene ring substituents is 1. The molecule has 1 saturated heterocycles. The van der Waals surface area contributed by atoms with Crippen LogP contribution >= 0.6 is 0 Å². The van der Waals surface area contributed by atoms with Crippen molar-refractivity contribution >= 4 is 22.5 Å². The number of rotatable bonds is 3. The van der Waals surface area contributed by atoms with Crippen molar-refractivity contribution in [2.24, 2.45) is 11.7 Å². The summed E-state index contributed by atoms with van der Waals surface area (Å²) in [5.74, 6) is 0.175. The Kier molecular flexibility index (Phi) is 4.54. The average Bonchev–Trinajstić information content (AvgIpc) is 2.59. The van der Waals surface area contributed by atoms with Crippen LogP contribution in [0.1, 0.15) is 30.1 Å². The lowest BCUT2D eigenvalue weighted by Crippen LogP contribution is -2.49. The Morgan fingerprint density at radius 1 is 1.44 bits per heavy atom. The number of likely N-dealkylation sites (tertiary alicyclic amines) is 1. The number of carbonyl (C=O) groups is 1. The van der Waals surface area contributed by atoms with Crippen LogP contribution < -0.4 is 11.3 Å². The van der Waals surface area contributed by atoms with Crippen molar-refractivity contribution in [2.45, 2.75) is 25.8 Å². The number of nitro benzene ring substituents is 1. The Bertz CT molecular complexity index is 892. The molecule has 3 N–H and O–H groups in total. The van der Waals surface area contributed by atoms with Gasteiger partial charge >= 0.3 is 0 Å². The molecular formula is C17H20N4O4. The van der Waals surface area contributed by atoms with Crippen LogP contribution in [-0.2, 0) is 0 Å². The van der Waals surface area contributed by atoms with Crippen molar-refractivity contribution in [2.75, 3.05) is 13.1 Å². The lowest BCUT2D eigenvalue weighted by Gasteiger charge is -2.38. The number of carbonyl (C=O) groups excluding carboxylic acids is 1. The largest absolute Gasteiger partial charge is 0.334 e. The number of benzene rings is 1. The molecule has 1 fully saturated rings. The molecule has 1 aromatic heterocycles. The molecule has 8 nitrogen and oxygen atoms in total. The molecule has 2 unspecified atom stereocenters. The minimum Gasteiger partial charge on any atom is -0.334 e. The van der Waals surface area contributed by atoms with Gasteiger partial charge in [0.2, 0.25) is 5.56 Å². The van der Waals surface area contributed by atoms with Crippen LogP contribution in [0.4, 0.5) is 5.69 Å². The minimum atomic E-state index is -0.524. The molecule has 0 spiro atoms. The monoisotopic (exact) mass is 344 g/mol. The van der Waals surface area contributed by atoms with Crippen LogP contribution in [0.25, 0.3) is 10.9 Å². The van der Waals surface area contributed by atoms with Gasteiger partial charge in [-0.05, 0) is 24.8 Å². The molecule has 1 amide bonds. The maximum Gasteiger partial charge on any atom is 0.270 e. The second-order valence-corrected chi connectivity index (χ2v) is 6.55. The van der Waals surface area contributed by atoms with Crippen LogP contribution in [0.3, 0.4) is 0 Å². The molecule has 0 aliphatic carbocycles. The van der Waals surface area contributed by atoms with E-state index in [4.69, 9.17) is 5.73 Å². The number of hydrogen-bond acceptors (Lipinski definition) is 5. The maximum atomic E-state index is 13.1. The number of nitro groups is 1. The van der Waals surface area contributed by atoms with Crippen LogP contribution in [0.15, 0.2) is 29.1 Å². The topological polar surface area (TPSA) is 122 Å². The second kappa shape index (κ2) is 6.64. The summed E-state index contributed by atoms with van der Waals surface area (Å²) in [6.45, 7) is 3.03. The van der Waals surface area contributed by atoms with Crippen molar-refractivity contribution in [3.8, 4) is 0 Å². The van der Waals surface area contributed by atoms with Gasteiger partial charge in [-0.3, -0.25) is 19.7 Å². The van der Waals surface area contributed by atoms with Gasteiger partial charge in [-0.2, -0.15) is 0 Å². The van der Waals surface area contributed by atoms with E-state index in [-0.39, 0.29) is 23.2 Å². The van der Waals surface area contributed by atoms with E-state index < -0.39 is 10.5 Å². The fourth-order valence-electron chi connectivity index (χ4n) is 3.43. The van der Waals surface area contributed by atoms with Gasteiger partial charge in [0, 0.05) is 48.2 Å². The summed E-state index contributed by atoms with van der Waals surface area (Å²) in [4.78, 5) is 39.8. The number of fused-ring (bicyclic) bond motifs is 1. The van der Waals surface area contributed by atoms with Crippen molar-refractivity contribution in [1.82, 2.24) is 9.88 Å². The normalized spacial score (nSPS) is 20.6. The first kappa shape index (κ1) is 17.1. The number of amides is 1. The van der Waals surface area contributed by atoms with Crippen LogP contribution in [0.5, 0.6) is 0 Å². The van der Waals surface area contributed by atoms with E-state index in [1.807, 2.05) is 0 Å². The third-order valence-electron chi connectivity index (χ3n) is 4.78. The molecule has 8 heteroatoms. The third-order valence-corrected chi connectivity index (χ3v) is 4.78. The predicted molar refractivity (Wildman–Crippen MR) is 93.5 cm³/mol. The highest BCUT2D eigenvalue weighted by atomic mass is 16.6. The number of piperidine rings is 1. The zero-order valence-electron chi connectivity index (χ0n) is 13.9. The second-order valence-electron chi connectivity index (χ2n) is 6.55. The summed E-state index contributed by atoms with van der Waals surface area (Å²) in [7, 11) is 0. The first-order chi connectivity index (χ1) is 11.9. The van der Waals surface area contributed by atoms with E-state index in [1.54, 1.807) is 4.90 Å². The smallest absolute Gasteiger partial charge is 0.270 e. The fraction of sp³-hybridized carbons (Fsp3) is 0.412. The van der Waals surface area contributed by atoms with Crippen molar-refractivity contribution < 1.29 is 9.72 Å². The first-order valence-corrected chi connectivity index (χ1v) is 8.23. The molecule has 3 rings (SSSR count). The molecule has 2 atom stereocenters. The van der Waals surface area contributed by atoms with Gasteiger partial charge < -0.3 is 15.6 Å². The van der Waals surface area contributed by atoms with Crippen LogP contribution in [-0.4, -0.2) is 39.8 Å². The summed E-state index contributed by atoms with van der Waals surface area (Å²) in [6.07, 6.45) is 1.67. The molecule has 132 valence electrons. The van der Waals surface area contributed by atoms with Gasteiger partial charge in [-0.25, -0.2) is 0 Å². The molecule has 1 aliphatic heterocycles. The Morgan fingerprint density at radius 3 is 2.88 bits per heavy atom. The summed E-state index contributed by atoms with van der Waals surface area (Å²) in [5, 5.41) is 11.4. The Morgan fingerprint density at radius 2 is 2.20 bits per heavy atom. The molecule has 0 radical (unpaired) electrons. The summed E-state index contributed by atoms with van der Waals surface area (Å²) in [5.41, 5.74) is 5.86. The van der Waals surface area contributed by atoms with E-state index in [2.05, 4.69) is 11.9 Å². The van der Waals surface area contributed by atoms with E-state index in [1.165, 1.54) is 24.3 Å². The van der Waals surface area contributed by atoms with E-state index in [0.29, 0.717) is 29.9 Å². The van der Waals surface area contributed by atoms with E-state index in [9.17, 15) is 19.7 Å². The zero-order chi connectivity index (χ0) is 18.1. The fourth-order valence-corrected chi connectivity index (χ4v) is 3.43. The van der Waals surface area contributed by atoms with Gasteiger partial charge in [-0.1, -0.05) is 6.92 Å². The lowest BCUT2D eigenvalue weighted by atomic mass is 9.91. The molecule has 1 aliphatic rings. The quantitative estimate of drug-likeness (QED) is 0.647. The van der Waals surface area contributed by atoms with Gasteiger partial charge in [0.05, 0.1) is 10.5 Å². The average molecular weight is 344 g/mol. The highest BCUT2D eigenvalue weighted by Crippen LogP contribution is 2.27. The third kappa shape index (κ3) is 3.25. The number of H-pyrrole nitrogens is 1. The number of pyridine rings is 1. The maximum absolute atomic E-state index is 13.1. The number of hydrogen-bond donors (Lipinski definition) is 2. The van der Waals surface area contributed by atoms with Gasteiger partial charge in [-0.15, -0.1) is 0 Å². The Labute approximate surface area is 143 Å². The van der Waals surface area contributed by atoms with Gasteiger partial charge in [0.25, 0.3) is 11.6 Å². The van der Waals surface area contributed by atoms with Crippen molar-refractivity contribution in [3.05, 3.63) is 50.3 Å². The SMILES string of the molecule is CC1CCN(C(=O)c2cc(=O)[nH]c3ccc([N+](=O)[O-])cc23)C(CN)C1. The number of aromatic nitrogens is 1. The van der Waals surface area contributed by atoms with Crippen LogP contribution in [0.2, 0.25) is 0 Å². The molecule has 1 aromatic carbocycles. The molecule has 25 heavy (non-hydrogen) atoms. The summed E-state index contributed by atoms with van der Waals surface area (Å²) >= 11 is 0. The van der Waals surface area contributed by atoms with E-state index >= 15 is 0 Å². The Balaban J connectivity index is 2.10. The van der Waals surface area contributed by atoms with E-state index in [0.717, 1.165) is 12.8 Å². The molecule has 0 saturated carbocycles. The molecule has 2 heterocycles. The number of nitrogens with one attached hydrogen (secondary N) is 1. The predicted octanol–water partition coefficient (Wildman–Crippen LogP) is 1.64. The summed E-state index contributed by atoms with van der Waals surface area (Å²) in [6, 6.07) is 5.19. The highest BCUT2D eigenvalue weighted by molar-refractivity contribution is 6.06. The number of nitrogens with zero attached hydrogens (tertiary/aromatic N) is 2. The van der Waals surface area contributed by atoms with Crippen molar-refractivity contribution in [1.29, 1.82) is 0 Å². The van der Waals surface area contributed by atoms with Gasteiger partial charge in [0.15, 0.2) is 0 Å². The minimum absolute atomic E-state index is 0.0933. The summed E-state index contributed by atoms with van der Waals surface area (Å²) < 4.78 is 0. The lowest BCUT2D eigenvalue weighted by molar-refractivity contribution is -0.384.